The lowest BCUT2D eigenvalue weighted by atomic mass is 9.97. The maximum absolute atomic E-state index is 14.1. The normalized spacial score (nSPS) is 13.7. The largest absolute Gasteiger partial charge is 0.508 e. The van der Waals surface area contributed by atoms with Crippen LogP contribution in [0.4, 0.5) is 4.79 Å². The van der Waals surface area contributed by atoms with Crippen LogP contribution in [0.15, 0.2) is 140 Å². The van der Waals surface area contributed by atoms with Gasteiger partial charge in [0.15, 0.2) is 5.78 Å². The number of thiophene rings is 1. The number of phenols is 1. The molecule has 1 aliphatic rings. The number of nitrogens with zero attached hydrogens (tertiary/aromatic N) is 1. The van der Waals surface area contributed by atoms with Gasteiger partial charge in [-0.1, -0.05) is 79.8 Å². The summed E-state index contributed by atoms with van der Waals surface area (Å²) in [5.41, 5.74) is 1.81. The van der Waals surface area contributed by atoms with Crippen LogP contribution in [0, 0.1) is 0 Å². The summed E-state index contributed by atoms with van der Waals surface area (Å²) in [6, 6.07) is 19.1. The molecular formula is C52H61N3O7S. The van der Waals surface area contributed by atoms with Gasteiger partial charge in [0.2, 0.25) is 5.91 Å². The number of hydrogen-bond acceptors (Lipinski definition) is 9. The van der Waals surface area contributed by atoms with Crippen LogP contribution < -0.4 is 20.1 Å². The number of allylic oxidation sites excluding steroid dienone is 12. The van der Waals surface area contributed by atoms with Crippen LogP contribution in [-0.2, 0) is 9.53 Å². The molecule has 0 aliphatic carbocycles. The topological polar surface area (TPSA) is 126 Å². The fourth-order valence-corrected chi connectivity index (χ4v) is 7.83. The molecule has 1 aromatic heterocycles. The number of fused-ring (bicyclic) bond motifs is 1. The second-order valence-corrected chi connectivity index (χ2v) is 15.8. The van der Waals surface area contributed by atoms with Gasteiger partial charge in [0.25, 0.3) is 0 Å². The average Bonchev–Trinajstić information content (AvgIpc) is 3.68. The second kappa shape index (κ2) is 27.8. The number of ketones is 1. The molecule has 0 unspecified atom stereocenters. The Balaban J connectivity index is 1.01. The summed E-state index contributed by atoms with van der Waals surface area (Å²) in [5, 5.41) is 16.2. The third-order valence-electron chi connectivity index (χ3n) is 9.98. The Bertz CT molecular complexity index is 2210. The predicted octanol–water partition coefficient (Wildman–Crippen LogP) is 10.9. The Labute approximate surface area is 376 Å². The van der Waals surface area contributed by atoms with Crippen molar-refractivity contribution in [2.45, 2.75) is 58.3 Å². The van der Waals surface area contributed by atoms with Crippen LogP contribution in [0.25, 0.3) is 20.5 Å². The molecule has 1 fully saturated rings. The minimum absolute atomic E-state index is 0.0913. The van der Waals surface area contributed by atoms with Gasteiger partial charge in [0, 0.05) is 65.2 Å². The highest BCUT2D eigenvalue weighted by Crippen LogP contribution is 2.41. The Kier molecular flexibility index (Phi) is 21.2. The van der Waals surface area contributed by atoms with Gasteiger partial charge in [-0.2, -0.15) is 0 Å². The lowest BCUT2D eigenvalue weighted by Gasteiger charge is -2.26. The molecule has 0 spiro atoms. The lowest BCUT2D eigenvalue weighted by molar-refractivity contribution is -0.120. The van der Waals surface area contributed by atoms with Gasteiger partial charge in [-0.05, 0) is 117 Å². The van der Waals surface area contributed by atoms with Crippen molar-refractivity contribution in [1.82, 2.24) is 15.5 Å². The Morgan fingerprint density at radius 3 is 1.95 bits per heavy atom. The zero-order chi connectivity index (χ0) is 44.3. The zero-order valence-electron chi connectivity index (χ0n) is 36.3. The molecule has 0 bridgehead atoms. The molecule has 4 aromatic rings. The molecule has 2 amide bonds. The molecular weight excluding hydrogens is 811 g/mol. The van der Waals surface area contributed by atoms with Crippen molar-refractivity contribution in [3.63, 3.8) is 0 Å². The standard InChI is InChI=1S/C52H61N3O7S/c1-2-3-4-5-6-7-8-9-10-11-12-13-14-15-16-17-18-19-20-21-48(57)53-32-33-54-52(59)62-45-30-31-46-47(40-45)63-51(42-22-26-43(56)27-23-42)49(46)50(58)41-24-28-44(29-25-41)61-39-36-55-34-37-60-38-35-55/h3-4,6-7,9-10,12-13,15-16,18-19,22-31,40,56H,2,5,8,11,14,17,20-21,32-39H2,1H3,(H,53,57)(H,54,59)/b4-3-,7-6-,10-9-,13-12-,16-15-,19-18-. The van der Waals surface area contributed by atoms with Crippen LogP contribution in [-0.4, -0.2) is 80.3 Å². The van der Waals surface area contributed by atoms with E-state index in [4.69, 9.17) is 14.2 Å². The van der Waals surface area contributed by atoms with E-state index < -0.39 is 6.09 Å². The van der Waals surface area contributed by atoms with E-state index in [0.717, 1.165) is 91.9 Å². The molecule has 0 saturated carbocycles. The molecule has 332 valence electrons. The Morgan fingerprint density at radius 2 is 1.32 bits per heavy atom. The van der Waals surface area contributed by atoms with Crippen LogP contribution in [0.3, 0.4) is 0 Å². The molecule has 5 rings (SSSR count). The molecule has 63 heavy (non-hydrogen) atoms. The molecule has 3 aromatic carbocycles. The number of benzene rings is 3. The number of carbonyl (C=O) groups is 3. The van der Waals surface area contributed by atoms with Crippen molar-refractivity contribution in [2.75, 3.05) is 52.5 Å². The van der Waals surface area contributed by atoms with Crippen molar-refractivity contribution in [3.8, 4) is 27.7 Å². The Hall–Kier alpha value is -6.01. The number of ether oxygens (including phenoxy) is 3. The van der Waals surface area contributed by atoms with Crippen LogP contribution in [0.5, 0.6) is 17.2 Å². The van der Waals surface area contributed by atoms with Gasteiger partial charge < -0.3 is 30.0 Å². The van der Waals surface area contributed by atoms with Gasteiger partial charge >= 0.3 is 6.09 Å². The SMILES string of the molecule is CC/C=C\C/C=C\C/C=C\C/C=C\C/C=C\C/C=C\CCC(=O)NCCNC(=O)Oc1ccc2c(C(=O)c3ccc(OCCN4CCOCC4)cc3)c(-c3ccc(O)cc3)sc2c1. The molecule has 1 saturated heterocycles. The smallest absolute Gasteiger partial charge is 0.412 e. The molecule has 11 heteroatoms. The van der Waals surface area contributed by atoms with Gasteiger partial charge in [0.05, 0.1) is 13.2 Å². The van der Waals surface area contributed by atoms with Crippen molar-refractivity contribution < 1.29 is 33.7 Å². The van der Waals surface area contributed by atoms with Gasteiger partial charge in [-0.3, -0.25) is 14.5 Å². The van der Waals surface area contributed by atoms with Crippen molar-refractivity contribution in [1.29, 1.82) is 0 Å². The summed E-state index contributed by atoms with van der Waals surface area (Å²) in [4.78, 5) is 42.2. The van der Waals surface area contributed by atoms with Crippen LogP contribution in [0.1, 0.15) is 74.2 Å². The van der Waals surface area contributed by atoms with E-state index in [1.807, 2.05) is 18.2 Å². The maximum Gasteiger partial charge on any atom is 0.412 e. The summed E-state index contributed by atoms with van der Waals surface area (Å²) in [7, 11) is 0. The monoisotopic (exact) mass is 871 g/mol. The van der Waals surface area contributed by atoms with E-state index in [-0.39, 0.29) is 30.5 Å². The third-order valence-corrected chi connectivity index (χ3v) is 11.2. The third kappa shape index (κ3) is 17.3. The summed E-state index contributed by atoms with van der Waals surface area (Å²) in [6.07, 6.45) is 31.9. The molecule has 3 N–H and O–H groups in total. The number of amides is 2. The molecule has 2 heterocycles. The van der Waals surface area contributed by atoms with Gasteiger partial charge in [-0.15, -0.1) is 11.3 Å². The number of carbonyl (C=O) groups excluding carboxylic acids is 3. The average molecular weight is 872 g/mol. The fraction of sp³-hybridized carbons (Fsp3) is 0.327. The molecule has 0 radical (unpaired) electrons. The molecule has 1 aliphatic heterocycles. The summed E-state index contributed by atoms with van der Waals surface area (Å²) < 4.78 is 17.7. The molecule has 0 atom stereocenters. The zero-order valence-corrected chi connectivity index (χ0v) is 37.2. The van der Waals surface area contributed by atoms with Crippen molar-refractivity contribution in [2.24, 2.45) is 0 Å². The minimum Gasteiger partial charge on any atom is -0.508 e. The number of nitrogens with one attached hydrogen (secondary N) is 2. The minimum atomic E-state index is -0.652. The van der Waals surface area contributed by atoms with E-state index in [1.165, 1.54) is 11.3 Å². The first-order valence-corrected chi connectivity index (χ1v) is 22.8. The number of aromatic hydroxyl groups is 1. The second-order valence-electron chi connectivity index (χ2n) is 14.8. The van der Waals surface area contributed by atoms with Gasteiger partial charge in [-0.25, -0.2) is 4.79 Å². The first-order valence-electron chi connectivity index (χ1n) is 22.0. The quantitative estimate of drug-likeness (QED) is 0.0341. The summed E-state index contributed by atoms with van der Waals surface area (Å²) in [6.45, 7) is 7.22. The van der Waals surface area contributed by atoms with E-state index in [1.54, 1.807) is 54.6 Å². The van der Waals surface area contributed by atoms with Crippen molar-refractivity contribution >= 4 is 39.2 Å². The highest BCUT2D eigenvalue weighted by Gasteiger charge is 2.23. The van der Waals surface area contributed by atoms with Crippen LogP contribution in [0.2, 0.25) is 0 Å². The van der Waals surface area contributed by atoms with E-state index in [9.17, 15) is 19.5 Å². The fourth-order valence-electron chi connectivity index (χ4n) is 6.60. The Morgan fingerprint density at radius 1 is 0.730 bits per heavy atom. The number of rotatable bonds is 25. The van der Waals surface area contributed by atoms with E-state index in [0.29, 0.717) is 42.1 Å². The lowest BCUT2D eigenvalue weighted by Crippen LogP contribution is -2.38. The number of hydrogen-bond donors (Lipinski definition) is 3. The van der Waals surface area contributed by atoms with E-state index in [2.05, 4.69) is 89.3 Å². The first-order chi connectivity index (χ1) is 30.9. The number of morpholine rings is 1. The molecule has 10 nitrogen and oxygen atoms in total. The van der Waals surface area contributed by atoms with E-state index >= 15 is 0 Å². The highest BCUT2D eigenvalue weighted by molar-refractivity contribution is 7.22. The first kappa shape index (κ1) is 48.0. The van der Waals surface area contributed by atoms with Crippen molar-refractivity contribution in [3.05, 3.63) is 151 Å². The maximum atomic E-state index is 14.1. The van der Waals surface area contributed by atoms with Crippen LogP contribution >= 0.6 is 11.3 Å². The predicted molar refractivity (Wildman–Crippen MR) is 256 cm³/mol. The number of phenolic OH excluding ortho intramolecular Hbond substituents is 1. The summed E-state index contributed by atoms with van der Waals surface area (Å²) >= 11 is 1.40. The highest BCUT2D eigenvalue weighted by atomic mass is 32.1. The summed E-state index contributed by atoms with van der Waals surface area (Å²) in [5.74, 6) is 0.880. The van der Waals surface area contributed by atoms with Gasteiger partial charge in [0.1, 0.15) is 23.9 Å².